The maximum absolute atomic E-state index is 11.0. The van der Waals surface area contributed by atoms with Crippen LogP contribution in [0.1, 0.15) is 27.2 Å². The second kappa shape index (κ2) is 6.23. The van der Waals surface area contributed by atoms with Gasteiger partial charge in [-0.1, -0.05) is 5.11 Å². The number of rotatable bonds is 3. The van der Waals surface area contributed by atoms with E-state index < -0.39 is 36.5 Å². The van der Waals surface area contributed by atoms with Gasteiger partial charge in [0, 0.05) is 25.2 Å². The number of nitrogens with zero attached hydrogens (tertiary/aromatic N) is 3. The first-order valence-corrected chi connectivity index (χ1v) is 5.48. The Morgan fingerprint density at radius 1 is 1.33 bits per heavy atom. The third kappa shape index (κ3) is 3.90. The van der Waals surface area contributed by atoms with Crippen molar-refractivity contribution in [1.29, 1.82) is 0 Å². The molecule has 0 radical (unpaired) electrons. The van der Waals surface area contributed by atoms with E-state index in [4.69, 9.17) is 19.7 Å². The average molecular weight is 257 g/mol. The predicted molar refractivity (Wildman–Crippen MR) is 59.2 cm³/mol. The summed E-state index contributed by atoms with van der Waals surface area (Å²) in [7, 11) is 0. The van der Waals surface area contributed by atoms with Crippen molar-refractivity contribution in [2.45, 2.75) is 51.7 Å². The molecule has 2 unspecified atom stereocenters. The third-order valence-electron chi connectivity index (χ3n) is 2.44. The number of hydrogen-bond donors (Lipinski definition) is 0. The molecule has 1 aliphatic heterocycles. The van der Waals surface area contributed by atoms with Crippen molar-refractivity contribution in [3.8, 4) is 0 Å². The van der Waals surface area contributed by atoms with E-state index in [9.17, 15) is 9.59 Å². The third-order valence-corrected chi connectivity index (χ3v) is 2.44. The van der Waals surface area contributed by atoms with E-state index in [1.165, 1.54) is 13.8 Å². The van der Waals surface area contributed by atoms with Crippen molar-refractivity contribution in [3.63, 3.8) is 0 Å². The molecule has 4 atom stereocenters. The van der Waals surface area contributed by atoms with Crippen LogP contribution in [0.15, 0.2) is 5.11 Å². The minimum absolute atomic E-state index is 0.159. The van der Waals surface area contributed by atoms with E-state index in [0.717, 1.165) is 0 Å². The summed E-state index contributed by atoms with van der Waals surface area (Å²) in [5.41, 5.74) is 8.49. The van der Waals surface area contributed by atoms with Crippen LogP contribution >= 0.6 is 0 Å². The van der Waals surface area contributed by atoms with Gasteiger partial charge in [-0.05, 0) is 12.5 Å². The van der Waals surface area contributed by atoms with Gasteiger partial charge in [-0.25, -0.2) is 0 Å². The van der Waals surface area contributed by atoms with Crippen LogP contribution in [-0.2, 0) is 23.8 Å². The van der Waals surface area contributed by atoms with Crippen LogP contribution < -0.4 is 0 Å². The molecule has 18 heavy (non-hydrogen) atoms. The Morgan fingerprint density at radius 2 is 1.94 bits per heavy atom. The van der Waals surface area contributed by atoms with Crippen molar-refractivity contribution < 1.29 is 23.8 Å². The van der Waals surface area contributed by atoms with Crippen molar-refractivity contribution in [3.05, 3.63) is 10.4 Å². The lowest BCUT2D eigenvalue weighted by Crippen LogP contribution is -2.49. The summed E-state index contributed by atoms with van der Waals surface area (Å²) in [6.07, 6.45) is -1.83. The largest absolute Gasteiger partial charge is 0.459 e. The van der Waals surface area contributed by atoms with Crippen LogP contribution in [0.3, 0.4) is 0 Å². The summed E-state index contributed by atoms with van der Waals surface area (Å²) in [5.74, 6) is -0.975. The molecule has 1 fully saturated rings. The Morgan fingerprint density at radius 3 is 2.44 bits per heavy atom. The molecule has 0 spiro atoms. The van der Waals surface area contributed by atoms with Crippen molar-refractivity contribution >= 4 is 11.9 Å². The lowest BCUT2D eigenvalue weighted by molar-refractivity contribution is -0.226. The van der Waals surface area contributed by atoms with Gasteiger partial charge < -0.3 is 14.2 Å². The lowest BCUT2D eigenvalue weighted by atomic mass is 10.0. The Bertz CT molecular complexity index is 380. The van der Waals surface area contributed by atoms with Gasteiger partial charge in [0.15, 0.2) is 0 Å². The fourth-order valence-electron chi connectivity index (χ4n) is 1.82. The predicted octanol–water partition coefficient (Wildman–Crippen LogP) is 1.29. The summed E-state index contributed by atoms with van der Waals surface area (Å²) in [4.78, 5) is 24.5. The van der Waals surface area contributed by atoms with Crippen molar-refractivity contribution in [2.75, 3.05) is 0 Å². The fourth-order valence-corrected chi connectivity index (χ4v) is 1.82. The van der Waals surface area contributed by atoms with Gasteiger partial charge in [0.05, 0.1) is 12.1 Å². The SMILES string of the molecule is CC(=O)OC1C(C)O[C@@H](OC(C)=O)C[C@@H]1N=[N+]=[N-]. The van der Waals surface area contributed by atoms with Gasteiger partial charge in [-0.2, -0.15) is 0 Å². The minimum atomic E-state index is -0.792. The molecule has 0 saturated carbocycles. The summed E-state index contributed by atoms with van der Waals surface area (Å²) in [5, 5.41) is 3.56. The van der Waals surface area contributed by atoms with Gasteiger partial charge in [-0.15, -0.1) is 0 Å². The van der Waals surface area contributed by atoms with Crippen LogP contribution in [0.4, 0.5) is 0 Å². The highest BCUT2D eigenvalue weighted by molar-refractivity contribution is 5.66. The van der Waals surface area contributed by atoms with Crippen molar-refractivity contribution in [2.24, 2.45) is 5.11 Å². The molecule has 0 aromatic rings. The van der Waals surface area contributed by atoms with E-state index in [2.05, 4.69) is 10.0 Å². The number of hydrogen-bond acceptors (Lipinski definition) is 6. The van der Waals surface area contributed by atoms with Crippen LogP contribution in [0.25, 0.3) is 10.4 Å². The Hall–Kier alpha value is -1.79. The zero-order chi connectivity index (χ0) is 13.7. The number of ether oxygens (including phenoxy) is 3. The maximum atomic E-state index is 11.0. The van der Waals surface area contributed by atoms with Crippen LogP contribution in [-0.4, -0.2) is 36.5 Å². The number of carbonyl (C=O) groups is 2. The maximum Gasteiger partial charge on any atom is 0.304 e. The first-order valence-electron chi connectivity index (χ1n) is 5.48. The van der Waals surface area contributed by atoms with E-state index in [1.54, 1.807) is 6.92 Å². The zero-order valence-corrected chi connectivity index (χ0v) is 10.4. The molecule has 1 saturated heterocycles. The second-order valence-electron chi connectivity index (χ2n) is 3.96. The quantitative estimate of drug-likeness (QED) is 0.327. The Balaban J connectivity index is 2.78. The fraction of sp³-hybridized carbons (Fsp3) is 0.800. The first-order chi connectivity index (χ1) is 8.43. The summed E-state index contributed by atoms with van der Waals surface area (Å²) in [6.45, 7) is 4.18. The molecule has 8 heteroatoms. The highest BCUT2D eigenvalue weighted by Crippen LogP contribution is 2.26. The molecule has 0 aromatic carbocycles. The van der Waals surface area contributed by atoms with E-state index in [1.807, 2.05) is 0 Å². The molecular weight excluding hydrogens is 242 g/mol. The zero-order valence-electron chi connectivity index (χ0n) is 10.4. The van der Waals surface area contributed by atoms with Gasteiger partial charge in [0.2, 0.25) is 6.29 Å². The molecule has 8 nitrogen and oxygen atoms in total. The highest BCUT2D eigenvalue weighted by Gasteiger charge is 2.39. The van der Waals surface area contributed by atoms with Crippen LogP contribution in [0.2, 0.25) is 0 Å². The summed E-state index contributed by atoms with van der Waals surface area (Å²) in [6, 6.07) is -0.619. The number of azide groups is 1. The smallest absolute Gasteiger partial charge is 0.304 e. The Labute approximate surface area is 104 Å². The summed E-state index contributed by atoms with van der Waals surface area (Å²) < 4.78 is 15.3. The molecule has 1 heterocycles. The van der Waals surface area contributed by atoms with Gasteiger partial charge >= 0.3 is 11.9 Å². The van der Waals surface area contributed by atoms with Crippen molar-refractivity contribution in [1.82, 2.24) is 0 Å². The monoisotopic (exact) mass is 257 g/mol. The van der Waals surface area contributed by atoms with Gasteiger partial charge in [-0.3, -0.25) is 9.59 Å². The number of esters is 2. The van der Waals surface area contributed by atoms with Crippen LogP contribution in [0, 0.1) is 0 Å². The first kappa shape index (κ1) is 14.3. The molecule has 0 aliphatic carbocycles. The highest BCUT2D eigenvalue weighted by atomic mass is 16.7. The molecule has 0 N–H and O–H groups in total. The van der Waals surface area contributed by atoms with E-state index >= 15 is 0 Å². The molecule has 0 bridgehead atoms. The number of carbonyl (C=O) groups excluding carboxylic acids is 2. The van der Waals surface area contributed by atoms with E-state index in [-0.39, 0.29) is 6.42 Å². The standard InChI is InChI=1S/C10H15N3O5/c1-5-10(18-7(3)15)8(12-13-11)4-9(16-5)17-6(2)14/h5,8-10H,4H2,1-3H3/t5?,8-,9-,10?/m0/s1. The molecular formula is C10H15N3O5. The second-order valence-corrected chi connectivity index (χ2v) is 3.96. The topological polar surface area (TPSA) is 111 Å². The Kier molecular flexibility index (Phi) is 4.94. The molecule has 0 aromatic heterocycles. The van der Waals surface area contributed by atoms with E-state index in [0.29, 0.717) is 0 Å². The normalized spacial score (nSPS) is 31.1. The van der Waals surface area contributed by atoms with Gasteiger partial charge in [0.1, 0.15) is 6.10 Å². The van der Waals surface area contributed by atoms with Crippen LogP contribution in [0.5, 0.6) is 0 Å². The molecule has 1 aliphatic rings. The molecule has 0 amide bonds. The minimum Gasteiger partial charge on any atom is -0.459 e. The lowest BCUT2D eigenvalue weighted by Gasteiger charge is -2.37. The summed E-state index contributed by atoms with van der Waals surface area (Å²) >= 11 is 0. The molecule has 100 valence electrons. The average Bonchev–Trinajstić information content (AvgIpc) is 2.22. The molecule has 1 rings (SSSR count). The van der Waals surface area contributed by atoms with Gasteiger partial charge in [0.25, 0.3) is 0 Å².